The van der Waals surface area contributed by atoms with Gasteiger partial charge in [0.15, 0.2) is 0 Å². The van der Waals surface area contributed by atoms with E-state index in [9.17, 15) is 0 Å². The second kappa shape index (κ2) is 7.31. The Hall–Kier alpha value is -3.52. The fourth-order valence-corrected chi connectivity index (χ4v) is 4.75. The van der Waals surface area contributed by atoms with Gasteiger partial charge in [0.1, 0.15) is 0 Å². The molecule has 2 heterocycles. The van der Waals surface area contributed by atoms with E-state index in [1.54, 1.807) is 0 Å². The third kappa shape index (κ3) is 2.79. The molecule has 0 amide bonds. The minimum Gasteiger partial charge on any atom is -0.313 e. The zero-order chi connectivity index (χ0) is 21.7. The van der Waals surface area contributed by atoms with Crippen molar-refractivity contribution >= 4 is 55.0 Å². The first kappa shape index (κ1) is 19.4. The van der Waals surface area contributed by atoms with Crippen molar-refractivity contribution in [1.29, 1.82) is 0 Å². The van der Waals surface area contributed by atoms with Crippen molar-refractivity contribution in [3.63, 3.8) is 0 Å². The quantitative estimate of drug-likeness (QED) is 0.266. The molecule has 2 aromatic heterocycles. The van der Waals surface area contributed by atoms with Gasteiger partial charge in [-0.3, -0.25) is 0 Å². The molecule has 0 radical (unpaired) electrons. The summed E-state index contributed by atoms with van der Waals surface area (Å²) in [6.45, 7) is 13.1. The molecular formula is C29H28N2. The number of aromatic nitrogens is 2. The highest BCUT2D eigenvalue weighted by molar-refractivity contribution is 6.19. The van der Waals surface area contributed by atoms with Crippen molar-refractivity contribution in [3.8, 4) is 0 Å². The Bertz CT molecular complexity index is 1530. The molecule has 5 aromatic rings. The number of benzene rings is 3. The second-order valence-electron chi connectivity index (χ2n) is 8.45. The lowest BCUT2D eigenvalue weighted by atomic mass is 10.1. The predicted octanol–water partition coefficient (Wildman–Crippen LogP) is 8.47. The van der Waals surface area contributed by atoms with E-state index in [1.807, 2.05) is 0 Å². The molecule has 0 bridgehead atoms. The molecule has 0 saturated carbocycles. The van der Waals surface area contributed by atoms with E-state index in [4.69, 9.17) is 0 Å². The minimum absolute atomic E-state index is 0.356. The number of nitrogens with zero attached hydrogens (tertiary/aromatic N) is 2. The van der Waals surface area contributed by atoms with Crippen molar-refractivity contribution in [1.82, 2.24) is 9.13 Å². The second-order valence-corrected chi connectivity index (χ2v) is 8.45. The smallest absolute Gasteiger partial charge is 0.0562 e. The molecular weight excluding hydrogens is 376 g/mol. The van der Waals surface area contributed by atoms with Gasteiger partial charge in [-0.1, -0.05) is 69.0 Å². The molecule has 2 heteroatoms. The Labute approximate surface area is 183 Å². The van der Waals surface area contributed by atoms with Crippen LogP contribution in [-0.2, 0) is 0 Å². The molecule has 0 fully saturated rings. The largest absolute Gasteiger partial charge is 0.313 e. The van der Waals surface area contributed by atoms with Crippen LogP contribution < -0.4 is 0 Å². The molecule has 3 aromatic carbocycles. The molecule has 154 valence electrons. The van der Waals surface area contributed by atoms with E-state index in [-0.39, 0.29) is 0 Å². The molecule has 5 rings (SSSR count). The maximum Gasteiger partial charge on any atom is 0.0562 e. The minimum atomic E-state index is 0.356. The maximum atomic E-state index is 4.46. The van der Waals surface area contributed by atoms with Crippen molar-refractivity contribution < 1.29 is 0 Å². The SMILES string of the molecule is C=C(C(C)C)n1c2ccccc2c2cc3c4ccccc4n(C(/C=C\C)=C/C)c3cc21. The van der Waals surface area contributed by atoms with Crippen LogP contribution in [0.4, 0.5) is 0 Å². The fourth-order valence-electron chi connectivity index (χ4n) is 4.75. The number of rotatable bonds is 4. The third-order valence-electron chi connectivity index (χ3n) is 6.31. The standard InChI is InChI=1S/C29H28N2/c1-6-12-21(7-2)31-27-16-11-9-14-23(27)25-17-24-22-13-8-10-15-26(22)30(20(5)19(3)4)28(24)18-29(25)31/h6-19H,5H2,1-4H3/b12-6-,21-7+. The number of allylic oxidation sites excluding steroid dienone is 5. The van der Waals surface area contributed by atoms with Gasteiger partial charge in [-0.05, 0) is 50.1 Å². The summed E-state index contributed by atoms with van der Waals surface area (Å²) in [5, 5.41) is 5.12. The van der Waals surface area contributed by atoms with Crippen molar-refractivity contribution in [3.05, 3.63) is 85.5 Å². The number of hydrogen-bond donors (Lipinski definition) is 0. The summed E-state index contributed by atoms with van der Waals surface area (Å²) in [6, 6.07) is 22.1. The summed E-state index contributed by atoms with van der Waals surface area (Å²) in [4.78, 5) is 0. The number of para-hydroxylation sites is 2. The van der Waals surface area contributed by atoms with Gasteiger partial charge < -0.3 is 9.13 Å². The van der Waals surface area contributed by atoms with E-state index < -0.39 is 0 Å². The van der Waals surface area contributed by atoms with Gasteiger partial charge in [0, 0.05) is 32.9 Å². The van der Waals surface area contributed by atoms with Crippen LogP contribution >= 0.6 is 0 Å². The van der Waals surface area contributed by atoms with E-state index in [0.717, 1.165) is 5.70 Å². The van der Waals surface area contributed by atoms with Crippen LogP contribution in [-0.4, -0.2) is 9.13 Å². The highest BCUT2D eigenvalue weighted by atomic mass is 15.0. The molecule has 0 atom stereocenters. The molecule has 0 aliphatic carbocycles. The van der Waals surface area contributed by atoms with Crippen LogP contribution in [0.25, 0.3) is 55.0 Å². The number of fused-ring (bicyclic) bond motifs is 6. The average Bonchev–Trinajstić information content (AvgIpc) is 3.28. The lowest BCUT2D eigenvalue weighted by Gasteiger charge is -2.15. The molecule has 0 unspecified atom stereocenters. The summed E-state index contributed by atoms with van der Waals surface area (Å²) >= 11 is 0. The molecule has 2 nitrogen and oxygen atoms in total. The van der Waals surface area contributed by atoms with Crippen LogP contribution in [0.3, 0.4) is 0 Å². The van der Waals surface area contributed by atoms with E-state index in [0.29, 0.717) is 5.92 Å². The lowest BCUT2D eigenvalue weighted by molar-refractivity contribution is 0.811. The number of hydrogen-bond acceptors (Lipinski definition) is 0. The molecule has 0 aliphatic heterocycles. The monoisotopic (exact) mass is 404 g/mol. The first-order valence-corrected chi connectivity index (χ1v) is 11.0. The Morgan fingerprint density at radius 1 is 0.742 bits per heavy atom. The van der Waals surface area contributed by atoms with Crippen molar-refractivity contribution in [2.75, 3.05) is 0 Å². The average molecular weight is 405 g/mol. The summed E-state index contributed by atoms with van der Waals surface area (Å²) in [5.74, 6) is 0.356. The van der Waals surface area contributed by atoms with Crippen LogP contribution in [0.1, 0.15) is 27.7 Å². The van der Waals surface area contributed by atoms with Crippen LogP contribution in [0.5, 0.6) is 0 Å². The van der Waals surface area contributed by atoms with Crippen molar-refractivity contribution in [2.45, 2.75) is 27.7 Å². The highest BCUT2D eigenvalue weighted by Gasteiger charge is 2.19. The summed E-state index contributed by atoms with van der Waals surface area (Å²) < 4.78 is 4.73. The summed E-state index contributed by atoms with van der Waals surface area (Å²) in [5.41, 5.74) is 7.19. The van der Waals surface area contributed by atoms with Crippen molar-refractivity contribution in [2.24, 2.45) is 5.92 Å². The topological polar surface area (TPSA) is 9.86 Å². The summed E-state index contributed by atoms with van der Waals surface area (Å²) in [6.07, 6.45) is 6.46. The first-order valence-electron chi connectivity index (χ1n) is 11.0. The van der Waals surface area contributed by atoms with E-state index in [1.165, 1.54) is 49.3 Å². The van der Waals surface area contributed by atoms with Gasteiger partial charge in [0.25, 0.3) is 0 Å². The highest BCUT2D eigenvalue weighted by Crippen LogP contribution is 2.39. The fraction of sp³-hybridized carbons (Fsp3) is 0.172. The Kier molecular flexibility index (Phi) is 4.59. The molecule has 31 heavy (non-hydrogen) atoms. The molecule has 0 spiro atoms. The molecule has 0 saturated heterocycles. The Balaban J connectivity index is 2.02. The van der Waals surface area contributed by atoms with Crippen LogP contribution in [0.15, 0.2) is 85.5 Å². The van der Waals surface area contributed by atoms with Gasteiger partial charge in [-0.15, -0.1) is 0 Å². The zero-order valence-corrected chi connectivity index (χ0v) is 18.7. The first-order chi connectivity index (χ1) is 15.1. The third-order valence-corrected chi connectivity index (χ3v) is 6.31. The van der Waals surface area contributed by atoms with Gasteiger partial charge in [-0.25, -0.2) is 0 Å². The van der Waals surface area contributed by atoms with E-state index >= 15 is 0 Å². The Morgan fingerprint density at radius 3 is 1.84 bits per heavy atom. The van der Waals surface area contributed by atoms with E-state index in [2.05, 4.69) is 122 Å². The van der Waals surface area contributed by atoms with Gasteiger partial charge in [-0.2, -0.15) is 0 Å². The molecule has 0 aliphatic rings. The summed E-state index contributed by atoms with van der Waals surface area (Å²) in [7, 11) is 0. The van der Waals surface area contributed by atoms with Crippen LogP contribution in [0.2, 0.25) is 0 Å². The van der Waals surface area contributed by atoms with Gasteiger partial charge in [0.2, 0.25) is 0 Å². The lowest BCUT2D eigenvalue weighted by Crippen LogP contribution is -2.02. The van der Waals surface area contributed by atoms with Crippen LogP contribution in [0, 0.1) is 5.92 Å². The predicted molar refractivity (Wildman–Crippen MR) is 137 cm³/mol. The normalized spacial score (nSPS) is 13.0. The van der Waals surface area contributed by atoms with Gasteiger partial charge in [0.05, 0.1) is 22.1 Å². The van der Waals surface area contributed by atoms with Gasteiger partial charge >= 0.3 is 0 Å². The Morgan fingerprint density at radius 2 is 1.29 bits per heavy atom. The molecule has 0 N–H and O–H groups in total. The maximum absolute atomic E-state index is 4.46. The zero-order valence-electron chi connectivity index (χ0n) is 18.7.